The smallest absolute Gasteiger partial charge is 0.0671 e. The lowest BCUT2D eigenvalue weighted by atomic mass is 9.70. The second-order valence-electron chi connectivity index (χ2n) is 38.3. The normalized spacial score (nSPS) is 20.8. The quantitative estimate of drug-likeness (QED) is 0.0827. The summed E-state index contributed by atoms with van der Waals surface area (Å²) in [5.41, 5.74) is 1.37. The van der Waals surface area contributed by atoms with Crippen LogP contribution in [0.1, 0.15) is 323 Å². The fourth-order valence-electron chi connectivity index (χ4n) is 13.6. The van der Waals surface area contributed by atoms with Gasteiger partial charge in [0.1, 0.15) is 0 Å². The summed E-state index contributed by atoms with van der Waals surface area (Å²) >= 11 is 0. The first-order valence-electron chi connectivity index (χ1n) is 42.8. The zero-order valence-electron chi connectivity index (χ0n) is 75.1. The first kappa shape index (κ1) is 105. The molecule has 13 nitrogen and oxygen atoms in total. The highest BCUT2D eigenvalue weighted by Gasteiger charge is 2.40. The average molecular weight is 1460 g/mol. The van der Waals surface area contributed by atoms with Gasteiger partial charge in [-0.15, -0.1) is 0 Å². The monoisotopic (exact) mass is 1460 g/mol. The van der Waals surface area contributed by atoms with E-state index in [1.54, 1.807) is 0 Å². The highest BCUT2D eigenvalue weighted by atomic mass is 16.5. The maximum Gasteiger partial charge on any atom is 0.0671 e. The van der Waals surface area contributed by atoms with Gasteiger partial charge in [-0.1, -0.05) is 66.7 Å². The van der Waals surface area contributed by atoms with Crippen LogP contribution >= 0.6 is 0 Å². The van der Waals surface area contributed by atoms with Gasteiger partial charge in [-0.05, 0) is 356 Å². The van der Waals surface area contributed by atoms with Crippen molar-refractivity contribution in [1.29, 1.82) is 0 Å². The van der Waals surface area contributed by atoms with E-state index in [1.807, 2.05) is 0 Å². The van der Waals surface area contributed by atoms with Crippen LogP contribution in [0.4, 0.5) is 0 Å². The van der Waals surface area contributed by atoms with Gasteiger partial charge in [0.25, 0.3) is 0 Å². The van der Waals surface area contributed by atoms with E-state index in [9.17, 15) is 0 Å². The van der Waals surface area contributed by atoms with Crippen LogP contribution in [0.5, 0.6) is 0 Å². The highest BCUT2D eigenvalue weighted by molar-refractivity contribution is 4.94. The highest BCUT2D eigenvalue weighted by Crippen LogP contribution is 2.41. The van der Waals surface area contributed by atoms with Crippen LogP contribution in [0.15, 0.2) is 0 Å². The van der Waals surface area contributed by atoms with E-state index in [1.165, 1.54) is 161 Å². The molecule has 10 fully saturated rings. The van der Waals surface area contributed by atoms with Gasteiger partial charge in [0.2, 0.25) is 0 Å². The molecule has 622 valence electrons. The van der Waals surface area contributed by atoms with Crippen LogP contribution in [-0.2, 0) is 14.2 Å². The lowest BCUT2D eigenvalue weighted by molar-refractivity contribution is -0.130. The fraction of sp³-hybridized carbons (Fsp3) is 1.00. The molecule has 0 aromatic carbocycles. The van der Waals surface area contributed by atoms with Crippen molar-refractivity contribution in [3.8, 4) is 0 Å². The van der Waals surface area contributed by atoms with Crippen molar-refractivity contribution in [1.82, 2.24) is 49.0 Å². The largest absolute Gasteiger partial charge is 0.381 e. The molecule has 13 heteroatoms. The molecule has 0 aromatic heterocycles. The Morgan fingerprint density at radius 1 is 0.350 bits per heavy atom. The summed E-state index contributed by atoms with van der Waals surface area (Å²) in [4.78, 5) is 24.4. The molecule has 3 saturated heterocycles. The molecule has 1 atom stereocenters. The molecule has 7 aliphatic carbocycles. The van der Waals surface area contributed by atoms with E-state index >= 15 is 0 Å². The molecule has 0 N–H and O–H groups in total. The molecule has 0 bridgehead atoms. The molecular weight excluding hydrogens is 1270 g/mol. The molecule has 0 aromatic rings. The Hall–Kier alpha value is -0.520. The summed E-state index contributed by atoms with van der Waals surface area (Å²) in [5.74, 6) is 4.76. The van der Waals surface area contributed by atoms with Crippen molar-refractivity contribution >= 4 is 0 Å². The summed E-state index contributed by atoms with van der Waals surface area (Å²) in [5, 5.41) is 0. The van der Waals surface area contributed by atoms with Crippen LogP contribution in [0.25, 0.3) is 0 Å². The molecule has 1 unspecified atom stereocenters. The predicted molar refractivity (Wildman–Crippen MR) is 460 cm³/mol. The van der Waals surface area contributed by atoms with E-state index in [2.05, 4.69) is 293 Å². The minimum atomic E-state index is 0. The SMILES string of the molecule is C.C.CC(C)N(C)C(C)(C)C1CCC1.CC(C)N(C)C(C)C1CCC1.CC(C)N(C)C1(C)COC1.CC(C)N(C)C1CCC1.CC(C)N(C)C1CCC1.CC(C)N(C)C1COC1.CC(C)N(C)CC1(C)CCC1.CC(C)N(C)CC1CCC1.CC(C)N(C)CC1CCC1.CC(C)N(C)CC1COC1. The standard InChI is InChI=1S/C11H23N.2C10H21N.2C9H19N.2C8H17NO.2C8H17N.C7H15NO.2CH4/c1-9(2)12(5)11(3,4)10-7-6-8-10;1-9(2)11(4)8-10(3)6-5-7-10;1-8(2)11(4)9(3)10-6-5-7-10;2*1-8(2)10(3)7-9-5-4-6-9;1-7(2)9(3)4-8-5-10-6-8;1-7(2)9(4)8(3)5-10-6-8;2*1-7(2)9(3)8-5-4-6-8;1-6(2)8(3)7-4-9-5-7;;/h9-10H,6-8H2,1-5H3;9H,5-8H2,1-4H3;8-10H,5-7H2,1-4H3;2*8-9H,4-7H2,1-3H3;7-8H,4-6H2,1-3H3;7H,5-6H2,1-4H3;2*7-8H,4-6H2,1-3H3;6-7H,4-5H2,1-3H3;2*1H4. The molecule has 0 radical (unpaired) electrons. The van der Waals surface area contributed by atoms with Crippen molar-refractivity contribution < 1.29 is 14.2 Å². The topological polar surface area (TPSA) is 60.1 Å². The third kappa shape index (κ3) is 40.0. The van der Waals surface area contributed by atoms with E-state index in [4.69, 9.17) is 14.2 Å². The molecular formula is C90H194N10O3. The van der Waals surface area contributed by atoms with Gasteiger partial charge in [0.15, 0.2) is 0 Å². The molecule has 10 rings (SSSR count). The summed E-state index contributed by atoms with van der Waals surface area (Å²) in [6, 6.07) is 10.2. The third-order valence-electron chi connectivity index (χ3n) is 27.0. The van der Waals surface area contributed by atoms with Crippen LogP contribution in [0, 0.1) is 35.0 Å². The Morgan fingerprint density at radius 3 is 0.854 bits per heavy atom. The second-order valence-corrected chi connectivity index (χ2v) is 38.3. The van der Waals surface area contributed by atoms with Crippen LogP contribution in [0.3, 0.4) is 0 Å². The zero-order valence-corrected chi connectivity index (χ0v) is 75.1. The number of nitrogens with zero attached hydrogens (tertiary/aromatic N) is 10. The van der Waals surface area contributed by atoms with Gasteiger partial charge in [0, 0.05) is 116 Å². The second kappa shape index (κ2) is 53.4. The Morgan fingerprint density at radius 2 is 0.689 bits per heavy atom. The summed E-state index contributed by atoms with van der Waals surface area (Å²) in [7, 11) is 22.1. The summed E-state index contributed by atoms with van der Waals surface area (Å²) in [6.07, 6.45) is 30.4. The number of hydrogen-bond donors (Lipinski definition) is 0. The van der Waals surface area contributed by atoms with E-state index in [-0.39, 0.29) is 14.9 Å². The van der Waals surface area contributed by atoms with Crippen LogP contribution in [0.2, 0.25) is 0 Å². The lowest BCUT2D eigenvalue weighted by Gasteiger charge is -2.48. The van der Waals surface area contributed by atoms with Gasteiger partial charge >= 0.3 is 0 Å². The molecule has 0 amide bonds. The van der Waals surface area contributed by atoms with Crippen LogP contribution < -0.4 is 0 Å². The van der Waals surface area contributed by atoms with Crippen molar-refractivity contribution in [2.45, 2.75) is 418 Å². The first-order valence-corrected chi connectivity index (χ1v) is 42.8. The molecule has 7 saturated carbocycles. The van der Waals surface area contributed by atoms with Gasteiger partial charge in [-0.25, -0.2) is 0 Å². The lowest BCUT2D eigenvalue weighted by Crippen LogP contribution is -2.60. The Bertz CT molecular complexity index is 1860. The maximum absolute atomic E-state index is 5.17. The van der Waals surface area contributed by atoms with E-state index < -0.39 is 0 Å². The number of hydrogen-bond acceptors (Lipinski definition) is 13. The van der Waals surface area contributed by atoms with Crippen molar-refractivity contribution in [2.75, 3.05) is 136 Å². The summed E-state index contributed by atoms with van der Waals surface area (Å²) < 4.78 is 15.3. The van der Waals surface area contributed by atoms with Gasteiger partial charge < -0.3 is 48.5 Å². The minimum absolute atomic E-state index is 0. The minimum Gasteiger partial charge on any atom is -0.381 e. The number of ether oxygens (including phenoxy) is 3. The molecule has 3 aliphatic heterocycles. The van der Waals surface area contributed by atoms with Crippen molar-refractivity contribution in [3.63, 3.8) is 0 Å². The van der Waals surface area contributed by atoms with Gasteiger partial charge in [-0.3, -0.25) is 14.7 Å². The fourth-order valence-corrected chi connectivity index (χ4v) is 13.6. The number of rotatable bonds is 26. The zero-order chi connectivity index (χ0) is 77.3. The van der Waals surface area contributed by atoms with E-state index in [0.29, 0.717) is 58.8 Å². The van der Waals surface area contributed by atoms with Gasteiger partial charge in [-0.2, -0.15) is 0 Å². The molecule has 103 heavy (non-hydrogen) atoms. The Labute approximate surface area is 649 Å². The summed E-state index contributed by atoms with van der Waals surface area (Å²) in [6.45, 7) is 67.5. The predicted octanol–water partition coefficient (Wildman–Crippen LogP) is 20.0. The average Bonchev–Trinajstić information content (AvgIpc) is 0.816. The van der Waals surface area contributed by atoms with Crippen LogP contribution in [-0.4, -0.2) is 281 Å². The molecule has 0 spiro atoms. The molecule has 10 aliphatic rings. The first-order chi connectivity index (χ1) is 46.9. The van der Waals surface area contributed by atoms with Gasteiger partial charge in [0.05, 0.1) is 51.2 Å². The third-order valence-corrected chi connectivity index (χ3v) is 27.0. The number of likely N-dealkylation sites (N-methyl/N-ethyl adjacent to an activating group) is 2. The van der Waals surface area contributed by atoms with Crippen molar-refractivity contribution in [3.05, 3.63) is 0 Å². The Kier molecular flexibility index (Phi) is 54.2. The maximum atomic E-state index is 5.17. The Balaban J connectivity index is 0. The molecule has 3 heterocycles. The van der Waals surface area contributed by atoms with Crippen molar-refractivity contribution in [2.24, 2.45) is 35.0 Å². The van der Waals surface area contributed by atoms with E-state index in [0.717, 1.165) is 112 Å².